The zero-order chi connectivity index (χ0) is 15.1. The molecule has 1 nitrogen and oxygen atoms in total. The van der Waals surface area contributed by atoms with Gasteiger partial charge in [-0.2, -0.15) is 0 Å². The third kappa shape index (κ3) is 2.11. The van der Waals surface area contributed by atoms with E-state index in [0.717, 1.165) is 25.5 Å². The van der Waals surface area contributed by atoms with Crippen LogP contribution < -0.4 is 5.43 Å². The van der Waals surface area contributed by atoms with Crippen molar-refractivity contribution in [2.75, 3.05) is 0 Å². The molecular formula is C19H12BrOP. The first-order valence-electron chi connectivity index (χ1n) is 7.04. The third-order valence-corrected chi connectivity index (χ3v) is 6.95. The summed E-state index contributed by atoms with van der Waals surface area (Å²) in [6.07, 6.45) is 0. The smallest absolute Gasteiger partial charge is 0.194 e. The third-order valence-electron chi connectivity index (χ3n) is 3.86. The summed E-state index contributed by atoms with van der Waals surface area (Å²) in [6.45, 7) is 0. The minimum absolute atomic E-state index is 0.141. The molecule has 4 rings (SSSR count). The molecule has 0 aliphatic heterocycles. The van der Waals surface area contributed by atoms with E-state index < -0.39 is 7.53 Å². The molecule has 0 amide bonds. The van der Waals surface area contributed by atoms with Gasteiger partial charge >= 0.3 is 0 Å². The highest BCUT2D eigenvalue weighted by Crippen LogP contribution is 2.50. The Kier molecular flexibility index (Phi) is 3.37. The second-order valence-corrected chi connectivity index (χ2v) is 8.24. The molecule has 0 N–H and O–H groups in total. The molecule has 0 saturated carbocycles. The number of halogens is 1. The molecule has 1 heterocycles. The van der Waals surface area contributed by atoms with E-state index in [-0.39, 0.29) is 5.43 Å². The Labute approximate surface area is 137 Å². The molecule has 0 saturated heterocycles. The fourth-order valence-corrected chi connectivity index (χ4v) is 5.70. The monoisotopic (exact) mass is 366 g/mol. The molecule has 0 aliphatic rings. The first-order valence-corrected chi connectivity index (χ1v) is 9.17. The second kappa shape index (κ2) is 5.39. The van der Waals surface area contributed by atoms with Gasteiger partial charge in [0.05, 0.1) is 0 Å². The van der Waals surface area contributed by atoms with E-state index in [4.69, 9.17) is 0 Å². The maximum atomic E-state index is 12.7. The van der Waals surface area contributed by atoms with Crippen molar-refractivity contribution in [3.63, 3.8) is 0 Å². The highest BCUT2D eigenvalue weighted by molar-refractivity contribution is 9.10. The SMILES string of the molecule is O=c1c2ccccc2p(-c2ccc(Br)cc2)c2ccccc12. The summed E-state index contributed by atoms with van der Waals surface area (Å²) in [5, 5.41) is 5.27. The van der Waals surface area contributed by atoms with Gasteiger partial charge in [0, 0.05) is 25.5 Å². The lowest BCUT2D eigenvalue weighted by Crippen LogP contribution is -2.00. The van der Waals surface area contributed by atoms with E-state index in [1.165, 1.54) is 5.30 Å². The van der Waals surface area contributed by atoms with Crippen molar-refractivity contribution in [3.8, 4) is 5.30 Å². The zero-order valence-corrected chi connectivity index (χ0v) is 14.1. The van der Waals surface area contributed by atoms with Crippen molar-refractivity contribution in [3.05, 3.63) is 87.5 Å². The van der Waals surface area contributed by atoms with E-state index in [2.05, 4.69) is 52.3 Å². The normalized spacial score (nSPS) is 11.1. The lowest BCUT2D eigenvalue weighted by atomic mass is 10.2. The molecule has 0 aliphatic carbocycles. The standard InChI is InChI=1S/C19H12BrOP/c20-13-9-11-14(12-10-13)22-17-7-3-1-5-15(17)19(21)16-6-2-4-8-18(16)22/h1-12H. The van der Waals surface area contributed by atoms with E-state index in [1.54, 1.807) is 0 Å². The van der Waals surface area contributed by atoms with Gasteiger partial charge in [0.1, 0.15) is 0 Å². The first-order chi connectivity index (χ1) is 10.8. The van der Waals surface area contributed by atoms with Crippen LogP contribution in [0.3, 0.4) is 0 Å². The lowest BCUT2D eigenvalue weighted by molar-refractivity contribution is 1.69. The van der Waals surface area contributed by atoms with E-state index >= 15 is 0 Å². The minimum atomic E-state index is -0.679. The predicted molar refractivity (Wildman–Crippen MR) is 99.5 cm³/mol. The summed E-state index contributed by atoms with van der Waals surface area (Å²) in [5.74, 6) is 0. The summed E-state index contributed by atoms with van der Waals surface area (Å²) in [4.78, 5) is 12.7. The Morgan fingerprint density at radius 1 is 0.682 bits per heavy atom. The van der Waals surface area contributed by atoms with Crippen LogP contribution in [-0.4, -0.2) is 0 Å². The molecule has 0 bridgehead atoms. The van der Waals surface area contributed by atoms with Crippen LogP contribution in [0, 0.1) is 0 Å². The molecule has 106 valence electrons. The lowest BCUT2D eigenvalue weighted by Gasteiger charge is -2.12. The molecular weight excluding hydrogens is 355 g/mol. The molecule has 22 heavy (non-hydrogen) atoms. The van der Waals surface area contributed by atoms with Crippen molar-refractivity contribution in [2.24, 2.45) is 0 Å². The molecule has 0 fully saturated rings. The van der Waals surface area contributed by atoms with Crippen molar-refractivity contribution in [2.45, 2.75) is 0 Å². The van der Waals surface area contributed by atoms with E-state index in [1.807, 2.05) is 36.4 Å². The van der Waals surface area contributed by atoms with Crippen LogP contribution in [-0.2, 0) is 0 Å². The Morgan fingerprint density at radius 2 is 1.18 bits per heavy atom. The summed E-state index contributed by atoms with van der Waals surface area (Å²) >= 11 is 3.50. The Bertz CT molecular complexity index is 988. The minimum Gasteiger partial charge on any atom is -0.289 e. The van der Waals surface area contributed by atoms with Gasteiger partial charge in [-0.1, -0.05) is 59.9 Å². The zero-order valence-electron chi connectivity index (χ0n) is 11.7. The van der Waals surface area contributed by atoms with Crippen LogP contribution in [0.25, 0.3) is 26.3 Å². The van der Waals surface area contributed by atoms with Crippen molar-refractivity contribution in [1.29, 1.82) is 0 Å². The fraction of sp³-hybridized carbons (Fsp3) is 0. The molecule has 0 spiro atoms. The summed E-state index contributed by atoms with van der Waals surface area (Å²) in [7, 11) is -0.679. The largest absolute Gasteiger partial charge is 0.289 e. The maximum absolute atomic E-state index is 12.7. The Morgan fingerprint density at radius 3 is 1.73 bits per heavy atom. The van der Waals surface area contributed by atoms with Gasteiger partial charge in [-0.25, -0.2) is 0 Å². The summed E-state index contributed by atoms with van der Waals surface area (Å²) in [6, 6.07) is 24.5. The van der Waals surface area contributed by atoms with Crippen molar-refractivity contribution >= 4 is 44.5 Å². The van der Waals surface area contributed by atoms with Gasteiger partial charge in [-0.3, -0.25) is 4.79 Å². The maximum Gasteiger partial charge on any atom is 0.194 e. The van der Waals surface area contributed by atoms with Gasteiger partial charge < -0.3 is 0 Å². The fourth-order valence-electron chi connectivity index (χ4n) is 2.86. The number of fused-ring (bicyclic) bond motifs is 2. The number of hydrogen-bond donors (Lipinski definition) is 0. The van der Waals surface area contributed by atoms with Crippen LogP contribution in [0.5, 0.6) is 0 Å². The Hall–Kier alpha value is -1.89. The Balaban J connectivity index is 2.25. The van der Waals surface area contributed by atoms with Crippen LogP contribution in [0.1, 0.15) is 0 Å². The van der Waals surface area contributed by atoms with Crippen molar-refractivity contribution < 1.29 is 0 Å². The van der Waals surface area contributed by atoms with Gasteiger partial charge in [0.2, 0.25) is 0 Å². The van der Waals surface area contributed by atoms with Gasteiger partial charge in [0.15, 0.2) is 5.43 Å². The van der Waals surface area contributed by atoms with Crippen LogP contribution >= 0.6 is 23.5 Å². The molecule has 0 unspecified atom stereocenters. The molecule has 1 aromatic heterocycles. The number of hydrogen-bond acceptors (Lipinski definition) is 1. The topological polar surface area (TPSA) is 17.1 Å². The summed E-state index contributed by atoms with van der Waals surface area (Å²) in [5.41, 5.74) is 0.141. The van der Waals surface area contributed by atoms with Crippen LogP contribution in [0.2, 0.25) is 0 Å². The highest BCUT2D eigenvalue weighted by atomic mass is 79.9. The number of rotatable bonds is 1. The molecule has 4 aromatic rings. The summed E-state index contributed by atoms with van der Waals surface area (Å²) < 4.78 is 1.07. The molecule has 3 heteroatoms. The molecule has 3 aromatic carbocycles. The van der Waals surface area contributed by atoms with E-state index in [9.17, 15) is 4.79 Å². The van der Waals surface area contributed by atoms with Crippen LogP contribution in [0.15, 0.2) is 82.1 Å². The van der Waals surface area contributed by atoms with E-state index in [0.29, 0.717) is 0 Å². The predicted octanol–water partition coefficient (Wildman–Crippen LogP) is 6.09. The highest BCUT2D eigenvalue weighted by Gasteiger charge is 2.12. The average molecular weight is 367 g/mol. The number of benzene rings is 3. The first kappa shape index (κ1) is 13.8. The van der Waals surface area contributed by atoms with Gasteiger partial charge in [0.25, 0.3) is 0 Å². The van der Waals surface area contributed by atoms with Crippen molar-refractivity contribution in [1.82, 2.24) is 0 Å². The molecule has 0 atom stereocenters. The van der Waals surface area contributed by atoms with Crippen LogP contribution in [0.4, 0.5) is 0 Å². The average Bonchev–Trinajstić information content (AvgIpc) is 2.57. The van der Waals surface area contributed by atoms with Gasteiger partial charge in [-0.15, -0.1) is 0 Å². The van der Waals surface area contributed by atoms with Gasteiger partial charge in [-0.05, 0) is 41.7 Å². The quantitative estimate of drug-likeness (QED) is 0.372. The second-order valence-electron chi connectivity index (χ2n) is 5.18. The molecule has 0 radical (unpaired) electrons.